The van der Waals surface area contributed by atoms with Gasteiger partial charge in [0.2, 0.25) is 0 Å². The molecule has 0 bridgehead atoms. The fraction of sp³-hybridized carbons (Fsp3) is 0.0909. The lowest BCUT2D eigenvalue weighted by Gasteiger charge is -2.10. The molecule has 0 aliphatic carbocycles. The van der Waals surface area contributed by atoms with Gasteiger partial charge < -0.3 is 5.32 Å². The third-order valence-corrected chi connectivity index (χ3v) is 4.29. The number of halogens is 2. The van der Waals surface area contributed by atoms with E-state index in [1.807, 2.05) is 24.3 Å². The molecule has 1 atom stereocenters. The lowest BCUT2D eigenvalue weighted by Crippen LogP contribution is -2.07. The topological polar surface area (TPSA) is 48.7 Å². The molecule has 3 nitrogen and oxygen atoms in total. The molecule has 1 heterocycles. The largest absolute Gasteiger partial charge is 0.364 e. The Bertz CT molecular complexity index is 564. The minimum absolute atomic E-state index is 0.405. The summed E-state index contributed by atoms with van der Waals surface area (Å²) in [5, 5.41) is 13.1. The van der Waals surface area contributed by atoms with Gasteiger partial charge in [0, 0.05) is 10.2 Å². The zero-order valence-electron chi connectivity index (χ0n) is 8.52. The summed E-state index contributed by atoms with van der Waals surface area (Å²) < 4.78 is 2.06. The summed E-state index contributed by atoms with van der Waals surface area (Å²) in [4.78, 5) is 4.22. The molecule has 0 amide bonds. The number of anilines is 1. The summed E-state index contributed by atoms with van der Waals surface area (Å²) in [5.74, 6) is 0. The van der Waals surface area contributed by atoms with Crippen molar-refractivity contribution < 1.29 is 0 Å². The van der Waals surface area contributed by atoms with Crippen molar-refractivity contribution in [2.45, 2.75) is 6.04 Å². The van der Waals surface area contributed by atoms with Crippen molar-refractivity contribution in [3.8, 4) is 6.07 Å². The van der Waals surface area contributed by atoms with Crippen LogP contribution in [0.4, 0.5) is 5.69 Å². The van der Waals surface area contributed by atoms with Crippen molar-refractivity contribution in [2.75, 3.05) is 5.32 Å². The Labute approximate surface area is 125 Å². The number of thiazole rings is 1. The molecule has 1 N–H and O–H groups in total. The predicted molar refractivity (Wildman–Crippen MR) is 80.9 cm³/mol. The lowest BCUT2D eigenvalue weighted by molar-refractivity contribution is 0.974. The molecule has 0 aliphatic rings. The van der Waals surface area contributed by atoms with Crippen LogP contribution in [0.5, 0.6) is 0 Å². The van der Waals surface area contributed by atoms with E-state index in [9.17, 15) is 0 Å². The number of benzene rings is 1. The molecule has 1 aromatic carbocycles. The molecule has 1 unspecified atom stereocenters. The number of nitriles is 1. The first-order chi connectivity index (χ1) is 8.19. The molecular weight excluding hydrogens is 413 g/mol. The first-order valence-electron chi connectivity index (χ1n) is 4.72. The van der Waals surface area contributed by atoms with Gasteiger partial charge in [-0.25, -0.2) is 4.98 Å². The van der Waals surface area contributed by atoms with Gasteiger partial charge in [-0.2, -0.15) is 5.26 Å². The molecular formula is C11H7BrIN3S. The molecule has 6 heteroatoms. The summed E-state index contributed by atoms with van der Waals surface area (Å²) in [6, 6.07) is 9.54. The van der Waals surface area contributed by atoms with Gasteiger partial charge in [0.25, 0.3) is 0 Å². The van der Waals surface area contributed by atoms with Gasteiger partial charge in [-0.3, -0.25) is 0 Å². The monoisotopic (exact) mass is 419 g/mol. The number of rotatable bonds is 3. The van der Waals surface area contributed by atoms with E-state index in [4.69, 9.17) is 5.26 Å². The lowest BCUT2D eigenvalue weighted by atomic mass is 10.2. The van der Waals surface area contributed by atoms with Gasteiger partial charge in [0.1, 0.15) is 5.01 Å². The Morgan fingerprint density at radius 2 is 2.35 bits per heavy atom. The Morgan fingerprint density at radius 3 is 2.94 bits per heavy atom. The summed E-state index contributed by atoms with van der Waals surface area (Å²) in [7, 11) is 0. The molecule has 0 fully saturated rings. The smallest absolute Gasteiger partial charge is 0.167 e. The van der Waals surface area contributed by atoms with Crippen LogP contribution in [0.3, 0.4) is 0 Å². The molecule has 17 heavy (non-hydrogen) atoms. The maximum atomic E-state index is 9.16. The third-order valence-electron chi connectivity index (χ3n) is 2.01. The zero-order chi connectivity index (χ0) is 12.3. The van der Waals surface area contributed by atoms with E-state index in [2.05, 4.69) is 54.9 Å². The Hall–Kier alpha value is -0.650. The maximum absolute atomic E-state index is 9.16. The molecule has 2 aromatic rings. The first kappa shape index (κ1) is 12.8. The van der Waals surface area contributed by atoms with Crippen molar-refractivity contribution >= 4 is 55.5 Å². The third kappa shape index (κ3) is 3.40. The number of aromatic nitrogens is 1. The van der Waals surface area contributed by atoms with Crippen LogP contribution in [0, 0.1) is 14.2 Å². The summed E-state index contributed by atoms with van der Waals surface area (Å²) in [5.41, 5.74) is 0.899. The van der Waals surface area contributed by atoms with Crippen molar-refractivity contribution in [3.63, 3.8) is 0 Å². The van der Waals surface area contributed by atoms with E-state index < -0.39 is 6.04 Å². The van der Waals surface area contributed by atoms with Gasteiger partial charge in [0.15, 0.2) is 6.04 Å². The molecule has 86 valence electrons. The van der Waals surface area contributed by atoms with Gasteiger partial charge in [0.05, 0.1) is 15.1 Å². The van der Waals surface area contributed by atoms with E-state index in [0.29, 0.717) is 0 Å². The van der Waals surface area contributed by atoms with Gasteiger partial charge in [-0.15, -0.1) is 11.3 Å². The van der Waals surface area contributed by atoms with Crippen molar-refractivity contribution in [1.29, 1.82) is 5.26 Å². The van der Waals surface area contributed by atoms with E-state index in [-0.39, 0.29) is 0 Å². The maximum Gasteiger partial charge on any atom is 0.167 e. The highest BCUT2D eigenvalue weighted by Gasteiger charge is 2.14. The van der Waals surface area contributed by atoms with Gasteiger partial charge >= 0.3 is 0 Å². The summed E-state index contributed by atoms with van der Waals surface area (Å²) >= 11 is 7.12. The standard InChI is InChI=1S/C11H7BrIN3S/c12-7-2-1-3-8(4-7)16-9(5-14)11-15-6-10(13)17-11/h1-4,6,9,16H. The number of nitrogens with zero attached hydrogens (tertiary/aromatic N) is 2. The van der Waals surface area contributed by atoms with Crippen molar-refractivity contribution in [3.05, 3.63) is 42.8 Å². The summed E-state index contributed by atoms with van der Waals surface area (Å²) in [6.07, 6.45) is 1.77. The molecule has 0 spiro atoms. The Balaban J connectivity index is 2.19. The molecule has 2 rings (SSSR count). The fourth-order valence-corrected chi connectivity index (χ4v) is 3.15. The second-order valence-electron chi connectivity index (χ2n) is 3.22. The highest BCUT2D eigenvalue weighted by Crippen LogP contribution is 2.25. The Morgan fingerprint density at radius 1 is 1.53 bits per heavy atom. The summed E-state index contributed by atoms with van der Waals surface area (Å²) in [6.45, 7) is 0. The highest BCUT2D eigenvalue weighted by atomic mass is 127. The normalized spacial score (nSPS) is 11.8. The molecule has 0 aliphatic heterocycles. The van der Waals surface area contributed by atoms with Gasteiger partial charge in [-0.05, 0) is 40.8 Å². The van der Waals surface area contributed by atoms with Crippen LogP contribution in [-0.4, -0.2) is 4.98 Å². The Kier molecular flexibility index (Phi) is 4.36. The minimum Gasteiger partial charge on any atom is -0.364 e. The van der Waals surface area contributed by atoms with Crippen molar-refractivity contribution in [2.24, 2.45) is 0 Å². The molecule has 0 radical (unpaired) electrons. The van der Waals surface area contributed by atoms with Crippen molar-refractivity contribution in [1.82, 2.24) is 4.98 Å². The second-order valence-corrected chi connectivity index (χ2v) is 7.09. The van der Waals surface area contributed by atoms with E-state index in [0.717, 1.165) is 18.1 Å². The van der Waals surface area contributed by atoms with E-state index >= 15 is 0 Å². The van der Waals surface area contributed by atoms with Crippen LogP contribution in [0.15, 0.2) is 34.9 Å². The second kappa shape index (κ2) is 5.80. The van der Waals surface area contributed by atoms with Crippen LogP contribution in [-0.2, 0) is 0 Å². The quantitative estimate of drug-likeness (QED) is 0.759. The average Bonchev–Trinajstić information content (AvgIpc) is 2.73. The SMILES string of the molecule is N#CC(Nc1cccc(Br)c1)c1ncc(I)s1. The number of hydrogen-bond donors (Lipinski definition) is 1. The number of hydrogen-bond acceptors (Lipinski definition) is 4. The highest BCUT2D eigenvalue weighted by molar-refractivity contribution is 14.1. The van der Waals surface area contributed by atoms with E-state index in [1.165, 1.54) is 11.3 Å². The van der Waals surface area contributed by atoms with Crippen LogP contribution in [0.25, 0.3) is 0 Å². The number of nitrogens with one attached hydrogen (secondary N) is 1. The van der Waals surface area contributed by atoms with Gasteiger partial charge in [-0.1, -0.05) is 22.0 Å². The predicted octanol–water partition coefficient (Wildman–Crippen LogP) is 4.19. The van der Waals surface area contributed by atoms with Crippen LogP contribution in [0.1, 0.15) is 11.0 Å². The minimum atomic E-state index is -0.405. The molecule has 0 saturated carbocycles. The van der Waals surface area contributed by atoms with Crippen LogP contribution >= 0.6 is 49.9 Å². The zero-order valence-corrected chi connectivity index (χ0v) is 13.1. The average molecular weight is 420 g/mol. The van der Waals surface area contributed by atoms with Crippen LogP contribution in [0.2, 0.25) is 0 Å². The molecule has 0 saturated heterocycles. The first-order valence-corrected chi connectivity index (χ1v) is 7.41. The molecule has 1 aromatic heterocycles. The van der Waals surface area contributed by atoms with E-state index in [1.54, 1.807) is 6.20 Å². The fourth-order valence-electron chi connectivity index (χ4n) is 1.29. The van der Waals surface area contributed by atoms with Crippen LogP contribution < -0.4 is 5.32 Å².